The van der Waals surface area contributed by atoms with Gasteiger partial charge in [0.2, 0.25) is 11.8 Å². The topological polar surface area (TPSA) is 126 Å². The molecule has 2 amide bonds. The molecule has 3 atom stereocenters. The van der Waals surface area contributed by atoms with Crippen molar-refractivity contribution in [1.29, 1.82) is 0 Å². The third-order valence-corrected chi connectivity index (χ3v) is 6.99. The summed E-state index contributed by atoms with van der Waals surface area (Å²) in [7, 11) is 1.30. The highest BCUT2D eigenvalue weighted by atomic mass is 16.5. The molecule has 0 saturated heterocycles. The van der Waals surface area contributed by atoms with Crippen LogP contribution in [0.2, 0.25) is 0 Å². The number of methoxy groups -OCH3 is 1. The highest BCUT2D eigenvalue weighted by molar-refractivity contribution is 6.07. The highest BCUT2D eigenvalue weighted by Gasteiger charge is 2.28. The Bertz CT molecular complexity index is 1310. The number of aromatic nitrogens is 1. The summed E-state index contributed by atoms with van der Waals surface area (Å²) in [4.78, 5) is 42.2. The van der Waals surface area contributed by atoms with Crippen LogP contribution in [0.5, 0.6) is 0 Å². The molecule has 1 aromatic heterocycles. The summed E-state index contributed by atoms with van der Waals surface area (Å²) in [5.41, 5.74) is 9.95. The molecule has 2 aromatic carbocycles. The van der Waals surface area contributed by atoms with E-state index in [-0.39, 0.29) is 18.2 Å². The summed E-state index contributed by atoms with van der Waals surface area (Å²) in [6.07, 6.45) is 7.26. The van der Waals surface area contributed by atoms with E-state index in [1.807, 2.05) is 25.1 Å². The number of nitrogens with two attached hydrogens (primary N) is 1. The van der Waals surface area contributed by atoms with Gasteiger partial charge in [-0.1, -0.05) is 31.2 Å². The van der Waals surface area contributed by atoms with Crippen molar-refractivity contribution in [2.75, 3.05) is 13.7 Å². The minimum atomic E-state index is -0.842. The van der Waals surface area contributed by atoms with Gasteiger partial charge < -0.3 is 26.1 Å². The third kappa shape index (κ3) is 6.38. The largest absolute Gasteiger partial charge is 0.467 e. The number of nitrogens with one attached hydrogen (secondary N) is 3. The second-order valence-electron chi connectivity index (χ2n) is 9.83. The predicted octanol–water partition coefficient (Wildman–Crippen LogP) is 3.27. The first-order chi connectivity index (χ1) is 17.9. The van der Waals surface area contributed by atoms with Crippen LogP contribution in [0.15, 0.2) is 48.6 Å². The fourth-order valence-electron chi connectivity index (χ4n) is 4.85. The Kier molecular flexibility index (Phi) is 8.61. The molecule has 0 saturated carbocycles. The van der Waals surface area contributed by atoms with Crippen LogP contribution in [0.4, 0.5) is 0 Å². The van der Waals surface area contributed by atoms with E-state index in [2.05, 4.69) is 45.9 Å². The Morgan fingerprint density at radius 1 is 0.973 bits per heavy atom. The molecule has 1 aliphatic heterocycles. The normalized spacial score (nSPS) is 21.2. The fraction of sp³-hybridized carbons (Fsp3) is 0.414. The number of H-pyrrole nitrogens is 1. The second-order valence-corrected chi connectivity index (χ2v) is 9.83. The van der Waals surface area contributed by atoms with Crippen molar-refractivity contribution in [2.24, 2.45) is 11.7 Å². The average Bonchev–Trinajstić information content (AvgIpc) is 3.26. The van der Waals surface area contributed by atoms with Gasteiger partial charge in [0, 0.05) is 27.7 Å². The van der Waals surface area contributed by atoms with Crippen LogP contribution in [0.3, 0.4) is 0 Å². The third-order valence-electron chi connectivity index (χ3n) is 6.99. The molecule has 0 spiro atoms. The molecular weight excluding hydrogens is 468 g/mol. The van der Waals surface area contributed by atoms with Crippen LogP contribution in [-0.2, 0) is 32.0 Å². The van der Waals surface area contributed by atoms with E-state index in [0.717, 1.165) is 39.4 Å². The Hall–Kier alpha value is -3.65. The number of benzene rings is 2. The molecule has 196 valence electrons. The number of amides is 2. The van der Waals surface area contributed by atoms with Crippen molar-refractivity contribution in [3.8, 4) is 0 Å². The SMILES string of the molecule is COC(=O)[C@@H]1CC=CCc2ccc3[nH]c4ccc(cc4c3c2)CC(C)C(=O)N[C@H](CCCCN)C(=O)N1. The Morgan fingerprint density at radius 2 is 1.68 bits per heavy atom. The number of carbonyl (C=O) groups is 3. The number of esters is 1. The standard InChI is InChI=1S/C29H36N4O4/c1-18-15-20-11-13-24-22(17-20)21-16-19(10-12-23(21)31-24)7-3-4-9-26(29(36)37-2)33-28(35)25(32-27(18)34)8-5-6-14-30/h3-4,10-13,16-18,25-26,31H,5-9,14-15,30H2,1-2H3,(H,32,34)(H,33,35)/t18?,25-,26+/m1/s1. The maximum atomic E-state index is 13.2. The molecule has 0 aliphatic carbocycles. The number of hydrogen-bond donors (Lipinski definition) is 4. The van der Waals surface area contributed by atoms with Crippen molar-refractivity contribution >= 4 is 39.6 Å². The molecule has 8 nitrogen and oxygen atoms in total. The van der Waals surface area contributed by atoms with Gasteiger partial charge in [0.1, 0.15) is 12.1 Å². The fourth-order valence-corrected chi connectivity index (χ4v) is 4.85. The average molecular weight is 505 g/mol. The van der Waals surface area contributed by atoms with E-state index < -0.39 is 24.0 Å². The van der Waals surface area contributed by atoms with Gasteiger partial charge in [0.25, 0.3) is 0 Å². The zero-order valence-electron chi connectivity index (χ0n) is 21.5. The summed E-state index contributed by atoms with van der Waals surface area (Å²) in [6.45, 7) is 2.37. The Morgan fingerprint density at radius 3 is 2.38 bits per heavy atom. The molecule has 1 unspecified atom stereocenters. The van der Waals surface area contributed by atoms with E-state index >= 15 is 0 Å². The number of rotatable bonds is 5. The van der Waals surface area contributed by atoms with Crippen molar-refractivity contribution in [2.45, 2.75) is 57.5 Å². The molecule has 2 heterocycles. The van der Waals surface area contributed by atoms with Crippen LogP contribution < -0.4 is 16.4 Å². The van der Waals surface area contributed by atoms with Gasteiger partial charge in [-0.15, -0.1) is 0 Å². The summed E-state index contributed by atoms with van der Waals surface area (Å²) < 4.78 is 4.93. The number of hydrogen-bond acceptors (Lipinski definition) is 5. The molecular formula is C29H36N4O4. The van der Waals surface area contributed by atoms with Gasteiger partial charge in [0.05, 0.1) is 7.11 Å². The van der Waals surface area contributed by atoms with Crippen molar-refractivity contribution in [3.63, 3.8) is 0 Å². The van der Waals surface area contributed by atoms with Crippen molar-refractivity contribution in [1.82, 2.24) is 15.6 Å². The molecule has 8 heteroatoms. The number of carbonyl (C=O) groups excluding carboxylic acids is 3. The van der Waals surface area contributed by atoms with Crippen LogP contribution in [-0.4, -0.2) is 48.5 Å². The van der Waals surface area contributed by atoms with Gasteiger partial charge >= 0.3 is 5.97 Å². The molecule has 4 bridgehead atoms. The zero-order chi connectivity index (χ0) is 26.4. The van der Waals surface area contributed by atoms with Gasteiger partial charge in [-0.25, -0.2) is 4.79 Å². The first-order valence-electron chi connectivity index (χ1n) is 13.0. The monoisotopic (exact) mass is 504 g/mol. The number of fused-ring (bicyclic) bond motifs is 2. The van der Waals surface area contributed by atoms with Gasteiger partial charge in [-0.3, -0.25) is 9.59 Å². The van der Waals surface area contributed by atoms with Gasteiger partial charge in [-0.2, -0.15) is 0 Å². The first kappa shape index (κ1) is 26.4. The van der Waals surface area contributed by atoms with Crippen LogP contribution >= 0.6 is 0 Å². The van der Waals surface area contributed by atoms with E-state index in [9.17, 15) is 14.4 Å². The number of ether oxygens (including phenoxy) is 1. The molecule has 37 heavy (non-hydrogen) atoms. The lowest BCUT2D eigenvalue weighted by atomic mass is 9.97. The quantitative estimate of drug-likeness (QED) is 0.241. The molecule has 1 aliphatic rings. The lowest BCUT2D eigenvalue weighted by Gasteiger charge is -2.23. The number of unbranched alkanes of at least 4 members (excludes halogenated alkanes) is 1. The molecule has 0 radical (unpaired) electrons. The van der Waals surface area contributed by atoms with Crippen molar-refractivity contribution < 1.29 is 19.1 Å². The maximum Gasteiger partial charge on any atom is 0.328 e. The summed E-state index contributed by atoms with van der Waals surface area (Å²) in [5.74, 6) is -1.47. The summed E-state index contributed by atoms with van der Waals surface area (Å²) >= 11 is 0. The Balaban J connectivity index is 1.68. The lowest BCUT2D eigenvalue weighted by Crippen LogP contribution is -2.52. The molecule has 3 aromatic rings. The highest BCUT2D eigenvalue weighted by Crippen LogP contribution is 2.28. The lowest BCUT2D eigenvalue weighted by molar-refractivity contribution is -0.145. The first-order valence-corrected chi connectivity index (χ1v) is 13.0. The van der Waals surface area contributed by atoms with Gasteiger partial charge in [-0.05, 0) is 80.5 Å². The van der Waals surface area contributed by atoms with E-state index in [1.54, 1.807) is 0 Å². The van der Waals surface area contributed by atoms with E-state index in [1.165, 1.54) is 7.11 Å². The smallest absolute Gasteiger partial charge is 0.328 e. The summed E-state index contributed by atoms with van der Waals surface area (Å²) in [6, 6.07) is 11.0. The van der Waals surface area contributed by atoms with Crippen LogP contribution in [0.25, 0.3) is 21.8 Å². The minimum absolute atomic E-state index is 0.204. The summed E-state index contributed by atoms with van der Waals surface area (Å²) in [5, 5.41) is 7.97. The molecule has 5 N–H and O–H groups in total. The van der Waals surface area contributed by atoms with Crippen LogP contribution in [0.1, 0.15) is 43.7 Å². The maximum absolute atomic E-state index is 13.2. The number of aromatic amines is 1. The van der Waals surface area contributed by atoms with Crippen molar-refractivity contribution in [3.05, 3.63) is 59.7 Å². The number of allylic oxidation sites excluding steroid dienone is 1. The van der Waals surface area contributed by atoms with E-state index in [0.29, 0.717) is 32.2 Å². The van der Waals surface area contributed by atoms with Gasteiger partial charge in [0.15, 0.2) is 0 Å². The molecule has 0 fully saturated rings. The Labute approximate surface area is 217 Å². The molecule has 4 rings (SSSR count). The second kappa shape index (κ2) is 12.1. The zero-order valence-corrected chi connectivity index (χ0v) is 21.5. The predicted molar refractivity (Wildman–Crippen MR) is 145 cm³/mol. The minimum Gasteiger partial charge on any atom is -0.467 e. The van der Waals surface area contributed by atoms with Crippen LogP contribution in [0, 0.1) is 5.92 Å². The van der Waals surface area contributed by atoms with E-state index in [4.69, 9.17) is 10.5 Å².